The molecule has 0 bridgehead atoms. The van der Waals surface area contributed by atoms with Crippen LogP contribution in [0.2, 0.25) is 0 Å². The van der Waals surface area contributed by atoms with Crippen LogP contribution in [0, 0.1) is 5.92 Å². The van der Waals surface area contributed by atoms with E-state index in [2.05, 4.69) is 24.5 Å². The van der Waals surface area contributed by atoms with E-state index in [0.29, 0.717) is 23.3 Å². The minimum absolute atomic E-state index is 0.0101. The minimum Gasteiger partial charge on any atom is -0.332 e. The normalized spacial score (nSPS) is 39.6. The van der Waals surface area contributed by atoms with Crippen LogP contribution in [0.3, 0.4) is 0 Å². The second-order valence-corrected chi connectivity index (χ2v) is 5.00. The van der Waals surface area contributed by atoms with Crippen molar-refractivity contribution in [1.29, 1.82) is 0 Å². The van der Waals surface area contributed by atoms with E-state index >= 15 is 0 Å². The van der Waals surface area contributed by atoms with Crippen molar-refractivity contribution in [1.82, 2.24) is 10.6 Å². The Morgan fingerprint density at radius 1 is 1.50 bits per heavy atom. The summed E-state index contributed by atoms with van der Waals surface area (Å²) in [4.78, 5) is 11.0. The number of amides is 2. The number of rotatable bonds is 1. The summed E-state index contributed by atoms with van der Waals surface area (Å²) in [7, 11) is 0. The van der Waals surface area contributed by atoms with Gasteiger partial charge in [-0.05, 0) is 5.92 Å². The molecule has 0 aromatic carbocycles. The first-order valence-electron chi connectivity index (χ1n) is 4.37. The summed E-state index contributed by atoms with van der Waals surface area (Å²) >= 11 is 1.97. The van der Waals surface area contributed by atoms with Crippen LogP contribution in [0.15, 0.2) is 0 Å². The summed E-state index contributed by atoms with van der Waals surface area (Å²) in [6.45, 7) is 4.43. The molecule has 2 aliphatic heterocycles. The maximum Gasteiger partial charge on any atom is 0.315 e. The molecule has 0 aromatic heterocycles. The third-order valence-corrected chi connectivity index (χ3v) is 4.30. The number of urea groups is 1. The van der Waals surface area contributed by atoms with Gasteiger partial charge in [-0.2, -0.15) is 11.8 Å². The molecule has 0 aromatic rings. The van der Waals surface area contributed by atoms with Gasteiger partial charge in [0.2, 0.25) is 0 Å². The Labute approximate surface area is 76.7 Å². The van der Waals surface area contributed by atoms with Crippen LogP contribution in [-0.2, 0) is 0 Å². The fourth-order valence-corrected chi connectivity index (χ4v) is 3.50. The Balaban J connectivity index is 2.08. The summed E-state index contributed by atoms with van der Waals surface area (Å²) in [5.41, 5.74) is 0. The van der Waals surface area contributed by atoms with Gasteiger partial charge in [-0.1, -0.05) is 13.8 Å². The van der Waals surface area contributed by atoms with Gasteiger partial charge < -0.3 is 10.6 Å². The third-order valence-electron chi connectivity index (χ3n) is 2.53. The molecule has 0 aliphatic carbocycles. The van der Waals surface area contributed by atoms with E-state index in [0.717, 1.165) is 5.75 Å². The van der Waals surface area contributed by atoms with Crippen molar-refractivity contribution >= 4 is 17.8 Å². The minimum atomic E-state index is 0.0101. The molecule has 3 atom stereocenters. The fraction of sp³-hybridized carbons (Fsp3) is 0.875. The number of nitrogens with one attached hydrogen (secondary N) is 2. The largest absolute Gasteiger partial charge is 0.332 e. The third kappa shape index (κ3) is 1.18. The van der Waals surface area contributed by atoms with E-state index < -0.39 is 0 Å². The van der Waals surface area contributed by atoms with E-state index in [1.807, 2.05) is 11.8 Å². The second kappa shape index (κ2) is 2.83. The lowest BCUT2D eigenvalue weighted by Gasteiger charge is -2.19. The van der Waals surface area contributed by atoms with Crippen LogP contribution in [0.25, 0.3) is 0 Å². The standard InChI is InChI=1S/C8H14N2OS/c1-4(2)7-6-5(3-12-7)9-8(11)10-6/h4-7H,3H2,1-2H3,(H2,9,10,11). The molecule has 0 radical (unpaired) electrons. The number of hydrogen-bond donors (Lipinski definition) is 2. The molecule has 2 heterocycles. The zero-order chi connectivity index (χ0) is 8.72. The van der Waals surface area contributed by atoms with Crippen molar-refractivity contribution in [2.45, 2.75) is 31.2 Å². The summed E-state index contributed by atoms with van der Waals surface area (Å²) in [6, 6.07) is 0.744. The zero-order valence-electron chi connectivity index (χ0n) is 7.33. The van der Waals surface area contributed by atoms with Gasteiger partial charge in [0, 0.05) is 11.0 Å². The lowest BCUT2D eigenvalue weighted by Crippen LogP contribution is -2.39. The molecule has 0 spiro atoms. The predicted octanol–water partition coefficient (Wildman–Crippen LogP) is 0.808. The summed E-state index contributed by atoms with van der Waals surface area (Å²) in [5.74, 6) is 1.71. The fourth-order valence-electron chi connectivity index (χ4n) is 1.93. The number of carbonyl (C=O) groups excluding carboxylic acids is 1. The molecule has 2 rings (SSSR count). The van der Waals surface area contributed by atoms with Crippen molar-refractivity contribution in [2.75, 3.05) is 5.75 Å². The summed E-state index contributed by atoms with van der Waals surface area (Å²) < 4.78 is 0. The topological polar surface area (TPSA) is 41.1 Å². The highest BCUT2D eigenvalue weighted by atomic mass is 32.2. The Morgan fingerprint density at radius 2 is 2.25 bits per heavy atom. The lowest BCUT2D eigenvalue weighted by atomic mass is 10.00. The second-order valence-electron chi connectivity index (χ2n) is 3.79. The molecule has 2 aliphatic rings. The van der Waals surface area contributed by atoms with Gasteiger partial charge in [-0.15, -0.1) is 0 Å². The molecule has 2 saturated heterocycles. The molecule has 2 fully saturated rings. The maximum atomic E-state index is 11.0. The molecule has 2 N–H and O–H groups in total. The van der Waals surface area contributed by atoms with Crippen LogP contribution in [0.4, 0.5) is 4.79 Å². The van der Waals surface area contributed by atoms with E-state index in [-0.39, 0.29) is 6.03 Å². The van der Waals surface area contributed by atoms with E-state index in [9.17, 15) is 4.79 Å². The smallest absolute Gasteiger partial charge is 0.315 e. The average Bonchev–Trinajstić information content (AvgIpc) is 2.43. The number of thioether (sulfide) groups is 1. The van der Waals surface area contributed by atoms with Crippen LogP contribution < -0.4 is 10.6 Å². The quantitative estimate of drug-likeness (QED) is 0.595. The molecule has 12 heavy (non-hydrogen) atoms. The van der Waals surface area contributed by atoms with Gasteiger partial charge in [0.15, 0.2) is 0 Å². The van der Waals surface area contributed by atoms with Crippen LogP contribution in [-0.4, -0.2) is 29.1 Å². The maximum absolute atomic E-state index is 11.0. The predicted molar refractivity (Wildman–Crippen MR) is 50.3 cm³/mol. The number of carbonyl (C=O) groups is 1. The molecule has 3 unspecified atom stereocenters. The summed E-state index contributed by atoms with van der Waals surface area (Å²) in [5, 5.41) is 6.50. The van der Waals surface area contributed by atoms with Crippen molar-refractivity contribution in [3.8, 4) is 0 Å². The molecule has 2 amide bonds. The van der Waals surface area contributed by atoms with E-state index in [1.165, 1.54) is 0 Å². The van der Waals surface area contributed by atoms with Crippen LogP contribution in [0.1, 0.15) is 13.8 Å². The molecule has 68 valence electrons. The Hall–Kier alpha value is -0.380. The molecule has 3 nitrogen and oxygen atoms in total. The Bertz CT molecular complexity index is 207. The van der Waals surface area contributed by atoms with Gasteiger partial charge in [0.05, 0.1) is 12.1 Å². The number of fused-ring (bicyclic) bond motifs is 1. The van der Waals surface area contributed by atoms with E-state index in [4.69, 9.17) is 0 Å². The van der Waals surface area contributed by atoms with E-state index in [1.54, 1.807) is 0 Å². The van der Waals surface area contributed by atoms with Gasteiger partial charge in [0.1, 0.15) is 0 Å². The van der Waals surface area contributed by atoms with Crippen molar-refractivity contribution < 1.29 is 4.79 Å². The lowest BCUT2D eigenvalue weighted by molar-refractivity contribution is 0.246. The Kier molecular flexibility index (Phi) is 1.94. The molecular weight excluding hydrogens is 172 g/mol. The highest BCUT2D eigenvalue weighted by Gasteiger charge is 2.43. The van der Waals surface area contributed by atoms with Crippen LogP contribution in [0.5, 0.6) is 0 Å². The van der Waals surface area contributed by atoms with Gasteiger partial charge in [-0.25, -0.2) is 4.79 Å². The summed E-state index contributed by atoms with van der Waals surface area (Å²) in [6.07, 6.45) is 0. The van der Waals surface area contributed by atoms with Gasteiger partial charge >= 0.3 is 6.03 Å². The van der Waals surface area contributed by atoms with Crippen molar-refractivity contribution in [3.05, 3.63) is 0 Å². The first kappa shape index (κ1) is 8.23. The highest BCUT2D eigenvalue weighted by Crippen LogP contribution is 2.34. The van der Waals surface area contributed by atoms with Crippen molar-refractivity contribution in [2.24, 2.45) is 5.92 Å². The molecular formula is C8H14N2OS. The SMILES string of the molecule is CC(C)C1SCC2NC(=O)NC21. The molecule has 0 saturated carbocycles. The first-order chi connectivity index (χ1) is 5.68. The first-order valence-corrected chi connectivity index (χ1v) is 5.42. The van der Waals surface area contributed by atoms with Gasteiger partial charge in [-0.3, -0.25) is 0 Å². The monoisotopic (exact) mass is 186 g/mol. The molecule has 4 heteroatoms. The van der Waals surface area contributed by atoms with Crippen molar-refractivity contribution in [3.63, 3.8) is 0 Å². The van der Waals surface area contributed by atoms with Crippen LogP contribution >= 0.6 is 11.8 Å². The average molecular weight is 186 g/mol. The number of hydrogen-bond acceptors (Lipinski definition) is 2. The van der Waals surface area contributed by atoms with Gasteiger partial charge in [0.25, 0.3) is 0 Å². The Morgan fingerprint density at radius 3 is 2.92 bits per heavy atom. The highest BCUT2D eigenvalue weighted by molar-refractivity contribution is 8.00. The zero-order valence-corrected chi connectivity index (χ0v) is 8.15.